The molecule has 0 spiro atoms. The largest absolute Gasteiger partial charge is 0.377 e. The number of nitrogens with zero attached hydrogens (tertiary/aromatic N) is 2. The van der Waals surface area contributed by atoms with E-state index >= 15 is 0 Å². The van der Waals surface area contributed by atoms with Crippen molar-refractivity contribution in [1.29, 1.82) is 0 Å². The molecule has 0 radical (unpaired) electrons. The first-order valence-corrected chi connectivity index (χ1v) is 8.13. The van der Waals surface area contributed by atoms with Gasteiger partial charge in [0.1, 0.15) is 0 Å². The Morgan fingerprint density at radius 1 is 1.14 bits per heavy atom. The van der Waals surface area contributed by atoms with Gasteiger partial charge < -0.3 is 4.74 Å². The van der Waals surface area contributed by atoms with Crippen LogP contribution >= 0.6 is 11.6 Å². The van der Waals surface area contributed by atoms with Crippen molar-refractivity contribution in [3.05, 3.63) is 42.1 Å². The zero-order valence-corrected chi connectivity index (χ0v) is 12.9. The second-order valence-electron chi connectivity index (χ2n) is 5.53. The standard InChI is InChI=1S/C17H21ClN2O/c18-9-12-21-16-7-10-20(11-8-16)13-15-6-5-14-3-1-2-4-17(14)19-15/h1-6,16H,7-13H2. The van der Waals surface area contributed by atoms with E-state index in [9.17, 15) is 0 Å². The van der Waals surface area contributed by atoms with Gasteiger partial charge in [-0.05, 0) is 25.0 Å². The summed E-state index contributed by atoms with van der Waals surface area (Å²) in [4.78, 5) is 7.20. The summed E-state index contributed by atoms with van der Waals surface area (Å²) >= 11 is 5.66. The van der Waals surface area contributed by atoms with Crippen LogP contribution in [-0.2, 0) is 11.3 Å². The number of pyridine rings is 1. The molecule has 1 aromatic carbocycles. The third-order valence-corrected chi connectivity index (χ3v) is 4.16. The number of hydrogen-bond acceptors (Lipinski definition) is 3. The molecular formula is C17H21ClN2O. The molecule has 0 aliphatic carbocycles. The summed E-state index contributed by atoms with van der Waals surface area (Å²) in [7, 11) is 0. The number of fused-ring (bicyclic) bond motifs is 1. The molecular weight excluding hydrogens is 284 g/mol. The normalized spacial score (nSPS) is 17.4. The lowest BCUT2D eigenvalue weighted by molar-refractivity contribution is 0.0132. The molecule has 4 heteroatoms. The Balaban J connectivity index is 1.56. The minimum atomic E-state index is 0.379. The molecule has 1 aliphatic rings. The van der Waals surface area contributed by atoms with Crippen LogP contribution < -0.4 is 0 Å². The summed E-state index contributed by atoms with van der Waals surface area (Å²) in [5.41, 5.74) is 2.23. The lowest BCUT2D eigenvalue weighted by Gasteiger charge is -2.31. The first-order valence-electron chi connectivity index (χ1n) is 7.60. The minimum Gasteiger partial charge on any atom is -0.377 e. The highest BCUT2D eigenvalue weighted by molar-refractivity contribution is 6.17. The SMILES string of the molecule is ClCCOC1CCN(Cc2ccc3ccccc3n2)CC1. The number of aromatic nitrogens is 1. The van der Waals surface area contributed by atoms with Crippen LogP contribution in [0.4, 0.5) is 0 Å². The average molecular weight is 305 g/mol. The number of piperidine rings is 1. The number of para-hydroxylation sites is 1. The van der Waals surface area contributed by atoms with Gasteiger partial charge in [-0.1, -0.05) is 24.3 Å². The van der Waals surface area contributed by atoms with Crippen molar-refractivity contribution in [1.82, 2.24) is 9.88 Å². The van der Waals surface area contributed by atoms with Crippen molar-refractivity contribution in [3.63, 3.8) is 0 Å². The lowest BCUT2D eigenvalue weighted by Crippen LogP contribution is -2.37. The monoisotopic (exact) mass is 304 g/mol. The van der Waals surface area contributed by atoms with Gasteiger partial charge >= 0.3 is 0 Å². The van der Waals surface area contributed by atoms with Crippen LogP contribution in [0.15, 0.2) is 36.4 Å². The quantitative estimate of drug-likeness (QED) is 0.791. The summed E-state index contributed by atoms with van der Waals surface area (Å²) in [5.74, 6) is 0.585. The van der Waals surface area contributed by atoms with Crippen molar-refractivity contribution in [2.75, 3.05) is 25.6 Å². The van der Waals surface area contributed by atoms with Gasteiger partial charge in [-0.25, -0.2) is 0 Å². The first kappa shape index (κ1) is 14.8. The Kier molecular flexibility index (Phi) is 5.07. The van der Waals surface area contributed by atoms with E-state index in [0.717, 1.165) is 43.7 Å². The van der Waals surface area contributed by atoms with Gasteiger partial charge in [-0.3, -0.25) is 9.88 Å². The number of benzene rings is 1. The van der Waals surface area contributed by atoms with Gasteiger partial charge in [-0.2, -0.15) is 0 Å². The molecule has 2 aromatic rings. The molecule has 0 bridgehead atoms. The molecule has 0 unspecified atom stereocenters. The Hall–Kier alpha value is -1.16. The van der Waals surface area contributed by atoms with Crippen LogP contribution in [0, 0.1) is 0 Å². The van der Waals surface area contributed by atoms with Crippen molar-refractivity contribution in [2.24, 2.45) is 0 Å². The molecule has 0 saturated carbocycles. The predicted molar refractivity (Wildman–Crippen MR) is 86.7 cm³/mol. The fourth-order valence-electron chi connectivity index (χ4n) is 2.87. The first-order chi connectivity index (χ1) is 10.3. The van der Waals surface area contributed by atoms with Crippen LogP contribution in [0.1, 0.15) is 18.5 Å². The summed E-state index contributed by atoms with van der Waals surface area (Å²) in [6.45, 7) is 3.73. The number of alkyl halides is 1. The molecule has 112 valence electrons. The Bertz CT molecular complexity index is 582. The fourth-order valence-corrected chi connectivity index (χ4v) is 2.96. The second-order valence-corrected chi connectivity index (χ2v) is 5.91. The third kappa shape index (κ3) is 3.94. The highest BCUT2D eigenvalue weighted by Gasteiger charge is 2.19. The predicted octanol–water partition coefficient (Wildman–Crippen LogP) is 3.45. The molecule has 0 N–H and O–H groups in total. The number of ether oxygens (including phenoxy) is 1. The zero-order valence-electron chi connectivity index (χ0n) is 12.2. The van der Waals surface area contributed by atoms with E-state index in [1.165, 1.54) is 5.39 Å². The molecule has 1 fully saturated rings. The van der Waals surface area contributed by atoms with Gasteiger partial charge in [0.2, 0.25) is 0 Å². The Morgan fingerprint density at radius 3 is 2.76 bits per heavy atom. The maximum absolute atomic E-state index is 5.71. The van der Waals surface area contributed by atoms with E-state index in [0.29, 0.717) is 18.6 Å². The third-order valence-electron chi connectivity index (χ3n) is 4.01. The maximum Gasteiger partial charge on any atom is 0.0705 e. The molecule has 21 heavy (non-hydrogen) atoms. The average Bonchev–Trinajstić information content (AvgIpc) is 2.54. The van der Waals surface area contributed by atoms with Crippen LogP contribution in [0.25, 0.3) is 10.9 Å². The Labute approximate surface area is 130 Å². The maximum atomic E-state index is 5.71. The molecule has 0 amide bonds. The van der Waals surface area contributed by atoms with E-state index < -0.39 is 0 Å². The second kappa shape index (κ2) is 7.21. The van der Waals surface area contributed by atoms with Gasteiger partial charge in [0.25, 0.3) is 0 Å². The van der Waals surface area contributed by atoms with E-state index in [1.54, 1.807) is 0 Å². The lowest BCUT2D eigenvalue weighted by atomic mass is 10.1. The molecule has 1 saturated heterocycles. The molecule has 1 aliphatic heterocycles. The summed E-state index contributed by atoms with van der Waals surface area (Å²) in [6.07, 6.45) is 2.55. The van der Waals surface area contributed by atoms with Crippen molar-refractivity contribution in [2.45, 2.75) is 25.5 Å². The summed E-state index contributed by atoms with van der Waals surface area (Å²) in [5, 5.41) is 1.20. The van der Waals surface area contributed by atoms with E-state index in [-0.39, 0.29) is 0 Å². The topological polar surface area (TPSA) is 25.4 Å². The van der Waals surface area contributed by atoms with Crippen LogP contribution in [0.2, 0.25) is 0 Å². The van der Waals surface area contributed by atoms with Crippen molar-refractivity contribution in [3.8, 4) is 0 Å². The van der Waals surface area contributed by atoms with E-state index in [4.69, 9.17) is 21.3 Å². The number of rotatable bonds is 5. The number of hydrogen-bond donors (Lipinski definition) is 0. The van der Waals surface area contributed by atoms with Crippen LogP contribution in [0.5, 0.6) is 0 Å². The van der Waals surface area contributed by atoms with E-state index in [2.05, 4.69) is 35.2 Å². The molecule has 2 heterocycles. The molecule has 1 aromatic heterocycles. The highest BCUT2D eigenvalue weighted by atomic mass is 35.5. The number of halogens is 1. The molecule has 0 atom stereocenters. The zero-order chi connectivity index (χ0) is 14.5. The summed E-state index contributed by atoms with van der Waals surface area (Å²) in [6, 6.07) is 12.6. The highest BCUT2D eigenvalue weighted by Crippen LogP contribution is 2.17. The molecule has 3 rings (SSSR count). The van der Waals surface area contributed by atoms with Gasteiger partial charge in [0.05, 0.1) is 23.9 Å². The fraction of sp³-hybridized carbons (Fsp3) is 0.471. The summed E-state index contributed by atoms with van der Waals surface area (Å²) < 4.78 is 5.71. The smallest absolute Gasteiger partial charge is 0.0705 e. The van der Waals surface area contributed by atoms with Crippen molar-refractivity contribution < 1.29 is 4.74 Å². The number of likely N-dealkylation sites (tertiary alicyclic amines) is 1. The minimum absolute atomic E-state index is 0.379. The van der Waals surface area contributed by atoms with E-state index in [1.807, 2.05) is 6.07 Å². The molecule has 3 nitrogen and oxygen atoms in total. The van der Waals surface area contributed by atoms with Gasteiger partial charge in [0, 0.05) is 30.9 Å². The Morgan fingerprint density at radius 2 is 1.95 bits per heavy atom. The van der Waals surface area contributed by atoms with Crippen LogP contribution in [-0.4, -0.2) is 41.6 Å². The van der Waals surface area contributed by atoms with Gasteiger partial charge in [-0.15, -0.1) is 11.6 Å². The van der Waals surface area contributed by atoms with Crippen molar-refractivity contribution >= 4 is 22.5 Å². The van der Waals surface area contributed by atoms with Gasteiger partial charge in [0.15, 0.2) is 0 Å². The van der Waals surface area contributed by atoms with Crippen LogP contribution in [0.3, 0.4) is 0 Å².